The summed E-state index contributed by atoms with van der Waals surface area (Å²) in [5, 5.41) is 11.5. The third-order valence-corrected chi connectivity index (χ3v) is 3.46. The summed E-state index contributed by atoms with van der Waals surface area (Å²) in [6.07, 6.45) is 3.15. The standard InChI is InChI=1S/C13H24N2O4/c1-10(4-3-5-12(16)17)14-13(18)15(2)11-6-8-19-9-7-11/h10-11H,3-9H2,1-2H3,(H,14,18)(H,16,17). The van der Waals surface area contributed by atoms with Crippen molar-refractivity contribution in [1.29, 1.82) is 0 Å². The molecule has 1 aliphatic heterocycles. The molecule has 0 aromatic rings. The molecule has 1 atom stereocenters. The maximum absolute atomic E-state index is 12.0. The molecule has 19 heavy (non-hydrogen) atoms. The second-order valence-corrected chi connectivity index (χ2v) is 5.09. The number of nitrogens with one attached hydrogen (secondary N) is 1. The third kappa shape index (κ3) is 5.92. The highest BCUT2D eigenvalue weighted by molar-refractivity contribution is 5.74. The van der Waals surface area contributed by atoms with Gasteiger partial charge in [-0.1, -0.05) is 0 Å². The Morgan fingerprint density at radius 2 is 2.05 bits per heavy atom. The number of aliphatic carboxylic acids is 1. The molecule has 0 spiro atoms. The van der Waals surface area contributed by atoms with Crippen LogP contribution in [0.5, 0.6) is 0 Å². The van der Waals surface area contributed by atoms with Crippen LogP contribution in [0.3, 0.4) is 0 Å². The van der Waals surface area contributed by atoms with Crippen LogP contribution < -0.4 is 5.32 Å². The predicted octanol–water partition coefficient (Wildman–Crippen LogP) is 1.45. The molecule has 110 valence electrons. The zero-order valence-corrected chi connectivity index (χ0v) is 11.7. The Labute approximate surface area is 114 Å². The van der Waals surface area contributed by atoms with Crippen LogP contribution >= 0.6 is 0 Å². The molecule has 0 bridgehead atoms. The zero-order valence-electron chi connectivity index (χ0n) is 11.7. The Bertz CT molecular complexity index is 303. The van der Waals surface area contributed by atoms with Crippen molar-refractivity contribution in [3.63, 3.8) is 0 Å². The van der Waals surface area contributed by atoms with Gasteiger partial charge in [-0.15, -0.1) is 0 Å². The molecule has 2 N–H and O–H groups in total. The van der Waals surface area contributed by atoms with Crippen LogP contribution in [0, 0.1) is 0 Å². The molecule has 0 aliphatic carbocycles. The van der Waals surface area contributed by atoms with Crippen LogP contribution in [0.15, 0.2) is 0 Å². The van der Waals surface area contributed by atoms with E-state index in [2.05, 4.69) is 5.32 Å². The van der Waals surface area contributed by atoms with Gasteiger partial charge in [0.15, 0.2) is 0 Å². The topological polar surface area (TPSA) is 78.9 Å². The van der Waals surface area contributed by atoms with Crippen molar-refractivity contribution in [2.24, 2.45) is 0 Å². The molecule has 0 aromatic carbocycles. The fourth-order valence-electron chi connectivity index (χ4n) is 2.18. The Balaban J connectivity index is 2.26. The summed E-state index contributed by atoms with van der Waals surface area (Å²) in [6, 6.07) is 0.142. The predicted molar refractivity (Wildman–Crippen MR) is 71.1 cm³/mol. The minimum absolute atomic E-state index is 0.00543. The summed E-state index contributed by atoms with van der Waals surface area (Å²) in [5.74, 6) is -0.794. The van der Waals surface area contributed by atoms with Gasteiger partial charge in [0, 0.05) is 38.8 Å². The number of ether oxygens (including phenoxy) is 1. The summed E-state index contributed by atoms with van der Waals surface area (Å²) in [7, 11) is 1.80. The first-order valence-electron chi connectivity index (χ1n) is 6.83. The second kappa shape index (κ2) is 7.99. The SMILES string of the molecule is CC(CCCC(=O)O)NC(=O)N(C)C1CCOCC1. The van der Waals surface area contributed by atoms with Crippen molar-refractivity contribution < 1.29 is 19.4 Å². The minimum atomic E-state index is -0.794. The fraction of sp³-hybridized carbons (Fsp3) is 0.846. The first kappa shape index (κ1) is 15.8. The number of carboxylic acids is 1. The lowest BCUT2D eigenvalue weighted by Gasteiger charge is -2.32. The zero-order chi connectivity index (χ0) is 14.3. The molecule has 1 rings (SSSR count). The van der Waals surface area contributed by atoms with Gasteiger partial charge in [-0.05, 0) is 32.6 Å². The number of hydrogen-bond acceptors (Lipinski definition) is 3. The van der Waals surface area contributed by atoms with Gasteiger partial charge in [0.1, 0.15) is 0 Å². The summed E-state index contributed by atoms with van der Waals surface area (Å²) in [4.78, 5) is 24.2. The van der Waals surface area contributed by atoms with Gasteiger partial charge < -0.3 is 20.1 Å². The fourth-order valence-corrected chi connectivity index (χ4v) is 2.18. The van der Waals surface area contributed by atoms with Crippen LogP contribution in [0.25, 0.3) is 0 Å². The Morgan fingerprint density at radius 1 is 1.42 bits per heavy atom. The molecule has 6 nitrogen and oxygen atoms in total. The first-order valence-corrected chi connectivity index (χ1v) is 6.83. The van der Waals surface area contributed by atoms with E-state index in [9.17, 15) is 9.59 Å². The summed E-state index contributed by atoms with van der Waals surface area (Å²) >= 11 is 0. The average Bonchev–Trinajstić information content (AvgIpc) is 2.38. The molecule has 0 aromatic heterocycles. The van der Waals surface area contributed by atoms with Gasteiger partial charge in [-0.2, -0.15) is 0 Å². The van der Waals surface area contributed by atoms with E-state index in [0.29, 0.717) is 26.1 Å². The molecule has 1 aliphatic rings. The highest BCUT2D eigenvalue weighted by Crippen LogP contribution is 2.13. The van der Waals surface area contributed by atoms with Crippen LogP contribution in [-0.4, -0.2) is 54.4 Å². The smallest absolute Gasteiger partial charge is 0.317 e. The van der Waals surface area contributed by atoms with E-state index in [4.69, 9.17) is 9.84 Å². The van der Waals surface area contributed by atoms with E-state index in [0.717, 1.165) is 12.8 Å². The molecule has 0 radical (unpaired) electrons. The van der Waals surface area contributed by atoms with E-state index in [1.165, 1.54) is 0 Å². The largest absolute Gasteiger partial charge is 0.481 e. The number of carboxylic acid groups (broad SMARTS) is 1. The lowest BCUT2D eigenvalue weighted by molar-refractivity contribution is -0.137. The van der Waals surface area contributed by atoms with Crippen LogP contribution in [0.4, 0.5) is 4.79 Å². The number of carbonyl (C=O) groups excluding carboxylic acids is 1. The van der Waals surface area contributed by atoms with Gasteiger partial charge in [0.05, 0.1) is 0 Å². The van der Waals surface area contributed by atoms with E-state index >= 15 is 0 Å². The molecule has 0 saturated carbocycles. The van der Waals surface area contributed by atoms with E-state index in [-0.39, 0.29) is 24.5 Å². The van der Waals surface area contributed by atoms with Crippen molar-refractivity contribution in [1.82, 2.24) is 10.2 Å². The summed E-state index contributed by atoms with van der Waals surface area (Å²) in [6.45, 7) is 3.31. The summed E-state index contributed by atoms with van der Waals surface area (Å²) < 4.78 is 5.27. The minimum Gasteiger partial charge on any atom is -0.481 e. The maximum atomic E-state index is 12.0. The molecule has 1 heterocycles. The molecule has 1 unspecified atom stereocenters. The quantitative estimate of drug-likeness (QED) is 0.767. The number of rotatable bonds is 6. The second-order valence-electron chi connectivity index (χ2n) is 5.09. The van der Waals surface area contributed by atoms with Crippen LogP contribution in [0.1, 0.15) is 39.0 Å². The van der Waals surface area contributed by atoms with Crippen LogP contribution in [0.2, 0.25) is 0 Å². The molecule has 2 amide bonds. The third-order valence-electron chi connectivity index (χ3n) is 3.46. The summed E-state index contributed by atoms with van der Waals surface area (Å²) in [5.41, 5.74) is 0. The van der Waals surface area contributed by atoms with Gasteiger partial charge >= 0.3 is 12.0 Å². The van der Waals surface area contributed by atoms with E-state index < -0.39 is 5.97 Å². The van der Waals surface area contributed by atoms with E-state index in [1.54, 1.807) is 11.9 Å². The number of carbonyl (C=O) groups is 2. The Morgan fingerprint density at radius 3 is 2.63 bits per heavy atom. The molecule has 1 saturated heterocycles. The van der Waals surface area contributed by atoms with Crippen LogP contribution in [-0.2, 0) is 9.53 Å². The van der Waals surface area contributed by atoms with Crippen molar-refractivity contribution in [2.75, 3.05) is 20.3 Å². The maximum Gasteiger partial charge on any atom is 0.317 e. The highest BCUT2D eigenvalue weighted by Gasteiger charge is 2.23. The van der Waals surface area contributed by atoms with Gasteiger partial charge in [0.25, 0.3) is 0 Å². The number of amides is 2. The first-order chi connectivity index (χ1) is 9.00. The lowest BCUT2D eigenvalue weighted by Crippen LogP contribution is -2.48. The highest BCUT2D eigenvalue weighted by atomic mass is 16.5. The Kier molecular flexibility index (Phi) is 6.62. The van der Waals surface area contributed by atoms with Crippen molar-refractivity contribution in [2.45, 2.75) is 51.1 Å². The number of hydrogen-bond donors (Lipinski definition) is 2. The lowest BCUT2D eigenvalue weighted by atomic mass is 10.1. The normalized spacial score (nSPS) is 17.8. The number of urea groups is 1. The van der Waals surface area contributed by atoms with E-state index in [1.807, 2.05) is 6.92 Å². The number of nitrogens with zero attached hydrogens (tertiary/aromatic N) is 1. The van der Waals surface area contributed by atoms with Crippen molar-refractivity contribution in [3.05, 3.63) is 0 Å². The average molecular weight is 272 g/mol. The van der Waals surface area contributed by atoms with Crippen molar-refractivity contribution >= 4 is 12.0 Å². The van der Waals surface area contributed by atoms with Gasteiger partial charge in [-0.3, -0.25) is 4.79 Å². The molecular weight excluding hydrogens is 248 g/mol. The van der Waals surface area contributed by atoms with Crippen molar-refractivity contribution in [3.8, 4) is 0 Å². The van der Waals surface area contributed by atoms with Gasteiger partial charge in [-0.25, -0.2) is 4.79 Å². The monoisotopic (exact) mass is 272 g/mol. The molecule has 6 heteroatoms. The Hall–Kier alpha value is -1.30. The molecular formula is C13H24N2O4. The van der Waals surface area contributed by atoms with Gasteiger partial charge in [0.2, 0.25) is 0 Å². The molecule has 1 fully saturated rings.